The number of nitrogen functional groups attached to an aromatic ring is 1. The summed E-state index contributed by atoms with van der Waals surface area (Å²) in [6, 6.07) is -0.145. The Morgan fingerprint density at radius 3 is 2.36 bits per heavy atom. The van der Waals surface area contributed by atoms with Crippen LogP contribution in [-0.4, -0.2) is 152 Å². The van der Waals surface area contributed by atoms with Gasteiger partial charge in [0.25, 0.3) is 11.8 Å². The SMILES string of the molecule is Nc1nc(/C(=N/OC2(C(=O)O)CCC2)C(=O)N[C@@H]2C(=O)N3C[C@@](C(=O)O)(N4CCN(NC(=O)C(=O)NCCNC(=O)c5ccc(O)c(O)c5Cl)C4=O)S[C@H]23)ns1. The monoisotopic (exact) mass is 839 g/mol. The molecule has 4 heterocycles. The van der Waals surface area contributed by atoms with E-state index in [-0.39, 0.29) is 55.5 Å². The van der Waals surface area contributed by atoms with Crippen LogP contribution in [0.2, 0.25) is 5.02 Å². The molecular formula is C29H30ClN11O13S2. The third kappa shape index (κ3) is 7.07. The topological polar surface area (TPSA) is 349 Å². The maximum absolute atomic E-state index is 13.4. The van der Waals surface area contributed by atoms with Gasteiger partial charge in [-0.05, 0) is 18.6 Å². The van der Waals surface area contributed by atoms with Crippen molar-refractivity contribution >= 4 is 93.2 Å². The number of nitrogens with two attached hydrogens (primary N) is 1. The van der Waals surface area contributed by atoms with E-state index in [1.807, 2.05) is 0 Å². The minimum Gasteiger partial charge on any atom is -0.504 e. The number of halogens is 1. The number of carbonyl (C=O) groups is 8. The van der Waals surface area contributed by atoms with Crippen molar-refractivity contribution in [2.75, 3.05) is 38.5 Å². The number of hydrogen-bond donors (Lipinski definition) is 9. The Labute approximate surface area is 326 Å². The number of urea groups is 1. The van der Waals surface area contributed by atoms with Gasteiger partial charge in [0, 0.05) is 44.0 Å². The van der Waals surface area contributed by atoms with Gasteiger partial charge < -0.3 is 51.8 Å². The lowest BCUT2D eigenvalue weighted by molar-refractivity contribution is -0.178. The summed E-state index contributed by atoms with van der Waals surface area (Å²) in [6.45, 7) is -1.49. The molecular weight excluding hydrogens is 810 g/mol. The number of carbonyl (C=O) groups excluding carboxylic acids is 6. The summed E-state index contributed by atoms with van der Waals surface area (Å²) >= 11 is 7.24. The molecule has 3 atom stereocenters. The van der Waals surface area contributed by atoms with Crippen molar-refractivity contribution in [2.45, 2.75) is 41.2 Å². The molecule has 0 unspecified atom stereocenters. The molecule has 1 aromatic carbocycles. The zero-order chi connectivity index (χ0) is 40.7. The number of phenols is 2. The second-order valence-electron chi connectivity index (χ2n) is 12.5. The molecule has 10 N–H and O–H groups in total. The average Bonchev–Trinajstić information content (AvgIpc) is 3.84. The smallest absolute Gasteiger partial charge is 0.350 e. The lowest BCUT2D eigenvalue weighted by Crippen LogP contribution is -2.68. The molecule has 24 nitrogen and oxygen atoms in total. The highest BCUT2D eigenvalue weighted by atomic mass is 35.5. The second-order valence-corrected chi connectivity index (χ2v) is 15.0. The average molecular weight is 840 g/mol. The Morgan fingerprint density at radius 2 is 1.73 bits per heavy atom. The van der Waals surface area contributed by atoms with E-state index in [0.717, 1.165) is 21.9 Å². The number of aromatic nitrogens is 2. The second kappa shape index (κ2) is 15.2. The fraction of sp³-hybridized carbons (Fsp3) is 0.414. The van der Waals surface area contributed by atoms with Gasteiger partial charge in [-0.25, -0.2) is 19.4 Å². The first-order chi connectivity index (χ1) is 26.5. The predicted octanol–water partition coefficient (Wildman–Crippen LogP) is -2.59. The van der Waals surface area contributed by atoms with Crippen molar-refractivity contribution in [2.24, 2.45) is 5.16 Å². The van der Waals surface area contributed by atoms with Crippen molar-refractivity contribution < 1.29 is 63.6 Å². The summed E-state index contributed by atoms with van der Waals surface area (Å²) in [5.41, 5.74) is 5.33. The third-order valence-electron chi connectivity index (χ3n) is 9.12. The molecule has 0 bridgehead atoms. The van der Waals surface area contributed by atoms with Gasteiger partial charge in [-0.1, -0.05) is 28.5 Å². The summed E-state index contributed by atoms with van der Waals surface area (Å²) in [7, 11) is 0. The van der Waals surface area contributed by atoms with Crippen molar-refractivity contribution in [3.8, 4) is 11.5 Å². The highest BCUT2D eigenvalue weighted by Gasteiger charge is 2.66. The number of phenolic OH excluding ortho intramolecular Hbond substituents is 2. The highest BCUT2D eigenvalue weighted by Crippen LogP contribution is 2.49. The molecule has 6 rings (SSSR count). The number of hydrogen-bond acceptors (Lipinski definition) is 17. The first-order valence-corrected chi connectivity index (χ1v) is 18.3. The zero-order valence-corrected chi connectivity index (χ0v) is 30.8. The van der Waals surface area contributed by atoms with Crippen LogP contribution in [0.5, 0.6) is 11.5 Å². The van der Waals surface area contributed by atoms with Crippen molar-refractivity contribution in [3.63, 3.8) is 0 Å². The minimum absolute atomic E-state index is 0.0517. The molecule has 0 spiro atoms. The fourth-order valence-corrected chi connectivity index (χ4v) is 8.23. The molecule has 27 heteroatoms. The molecule has 0 radical (unpaired) electrons. The molecule has 1 aliphatic carbocycles. The summed E-state index contributed by atoms with van der Waals surface area (Å²) in [4.78, 5) is 111. The van der Waals surface area contributed by atoms with Gasteiger partial charge in [-0.2, -0.15) is 9.36 Å². The molecule has 1 saturated carbocycles. The van der Waals surface area contributed by atoms with Gasteiger partial charge in [0.1, 0.15) is 11.4 Å². The molecule has 1 aromatic heterocycles. The van der Waals surface area contributed by atoms with Crippen LogP contribution in [-0.2, 0) is 33.6 Å². The minimum atomic E-state index is -2.09. The predicted molar refractivity (Wildman–Crippen MR) is 189 cm³/mol. The number of rotatable bonds is 13. The first kappa shape index (κ1) is 39.5. The third-order valence-corrected chi connectivity index (χ3v) is 11.7. The van der Waals surface area contributed by atoms with Gasteiger partial charge in [0.2, 0.25) is 27.9 Å². The van der Waals surface area contributed by atoms with E-state index in [1.54, 1.807) is 0 Å². The van der Waals surface area contributed by atoms with E-state index >= 15 is 0 Å². The summed E-state index contributed by atoms with van der Waals surface area (Å²) in [6.07, 6.45) is 0.786. The molecule has 3 aliphatic heterocycles. The van der Waals surface area contributed by atoms with Crippen LogP contribution in [0.15, 0.2) is 17.3 Å². The molecule has 7 amide bonds. The molecule has 4 aliphatic rings. The number of benzene rings is 1. The molecule has 4 fully saturated rings. The number of nitrogens with zero attached hydrogens (tertiary/aromatic N) is 6. The summed E-state index contributed by atoms with van der Waals surface area (Å²) in [5.74, 6) is -9.39. The van der Waals surface area contributed by atoms with Gasteiger partial charge in [-0.3, -0.25) is 34.3 Å². The number of thioether (sulfide) groups is 1. The zero-order valence-electron chi connectivity index (χ0n) is 28.4. The Balaban J connectivity index is 1.05. The lowest BCUT2D eigenvalue weighted by Gasteiger charge is -2.41. The number of carboxylic acid groups (broad SMARTS) is 2. The molecule has 3 saturated heterocycles. The van der Waals surface area contributed by atoms with E-state index in [1.165, 1.54) is 0 Å². The maximum atomic E-state index is 13.4. The Morgan fingerprint density at radius 1 is 1.02 bits per heavy atom. The van der Waals surface area contributed by atoms with Gasteiger partial charge in [0.05, 0.1) is 23.7 Å². The standard InChI is InChI=1S/C29H30ClN11O13S2/c30-13-11(2-3-12(42)16(13)43)18(44)32-6-7-33-20(46)21(47)36-41-9-8-40(27(41)53)29(25(51)52)10-39-22(48)15(23(39)55-29)34-19(45)14(17-35-26(31)56-38-17)37-54-28(24(49)50)4-1-5-28/h2-3,15,23,42-43H,1,4-10H2,(H,32,44)(H,33,46)(H,34,45)(H,36,47)(H,49,50)(H,51,52)(H2,31,35,38)/b37-14-/t15-,23-,29-/m1/s1. The Bertz CT molecular complexity index is 2080. The lowest BCUT2D eigenvalue weighted by atomic mass is 9.80. The largest absolute Gasteiger partial charge is 0.504 e. The number of aliphatic carboxylic acids is 2. The van der Waals surface area contributed by atoms with Gasteiger partial charge in [0.15, 0.2) is 16.6 Å². The van der Waals surface area contributed by atoms with Crippen LogP contribution < -0.4 is 27.1 Å². The summed E-state index contributed by atoms with van der Waals surface area (Å²) in [5, 5.41) is 49.2. The Kier molecular flexibility index (Phi) is 10.7. The van der Waals surface area contributed by atoms with Gasteiger partial charge >= 0.3 is 29.8 Å². The molecule has 2 aromatic rings. The first-order valence-electron chi connectivity index (χ1n) is 16.3. The number of oxime groups is 1. The quantitative estimate of drug-likeness (QED) is 0.0249. The number of carboxylic acids is 2. The number of β-lactam (4-membered cyclic amide) rings is 1. The van der Waals surface area contributed by atoms with Crippen molar-refractivity contribution in [1.82, 2.24) is 45.5 Å². The van der Waals surface area contributed by atoms with Crippen LogP contribution in [0, 0.1) is 0 Å². The maximum Gasteiger partial charge on any atom is 0.350 e. The number of fused-ring (bicyclic) bond motifs is 1. The van der Waals surface area contributed by atoms with E-state index in [2.05, 4.69) is 35.9 Å². The van der Waals surface area contributed by atoms with Crippen molar-refractivity contribution in [1.29, 1.82) is 0 Å². The van der Waals surface area contributed by atoms with E-state index < -0.39 is 98.2 Å². The van der Waals surface area contributed by atoms with Crippen molar-refractivity contribution in [3.05, 3.63) is 28.5 Å². The summed E-state index contributed by atoms with van der Waals surface area (Å²) < 4.78 is 3.92. The molecule has 298 valence electrons. The van der Waals surface area contributed by atoms with Crippen LogP contribution >= 0.6 is 34.9 Å². The van der Waals surface area contributed by atoms with Crippen LogP contribution in [0.25, 0.3) is 0 Å². The number of aromatic hydroxyl groups is 2. The molecule has 56 heavy (non-hydrogen) atoms. The van der Waals surface area contributed by atoms with E-state index in [9.17, 15) is 58.8 Å². The highest BCUT2D eigenvalue weighted by molar-refractivity contribution is 8.02. The van der Waals surface area contributed by atoms with Crippen LogP contribution in [0.3, 0.4) is 0 Å². The fourth-order valence-electron chi connectivity index (χ4n) is 5.91. The van der Waals surface area contributed by atoms with Crippen LogP contribution in [0.4, 0.5) is 9.93 Å². The van der Waals surface area contributed by atoms with Crippen LogP contribution in [0.1, 0.15) is 35.4 Å². The Hall–Kier alpha value is -6.15. The van der Waals surface area contributed by atoms with E-state index in [0.29, 0.717) is 34.7 Å². The van der Waals surface area contributed by atoms with E-state index in [4.69, 9.17) is 22.2 Å². The number of nitrogens with one attached hydrogen (secondary N) is 4. The van der Waals surface area contributed by atoms with Gasteiger partial charge in [-0.15, -0.1) is 0 Å². The number of anilines is 1. The normalized spacial score (nSPS) is 22.4. The number of hydrazine groups is 1. The number of amides is 7.